The molecule has 7 heteroatoms. The van der Waals surface area contributed by atoms with Crippen LogP contribution in [0.3, 0.4) is 0 Å². The van der Waals surface area contributed by atoms with Gasteiger partial charge in [-0.2, -0.15) is 18.3 Å². The molecule has 4 nitrogen and oxygen atoms in total. The highest BCUT2D eigenvalue weighted by Gasteiger charge is 2.42. The Morgan fingerprint density at radius 3 is 2.52 bits per heavy atom. The molecule has 1 saturated carbocycles. The van der Waals surface area contributed by atoms with Crippen molar-refractivity contribution in [3.8, 4) is 0 Å². The molecule has 2 aliphatic rings. The lowest BCUT2D eigenvalue weighted by molar-refractivity contribution is -0.182. The van der Waals surface area contributed by atoms with Crippen molar-refractivity contribution in [2.75, 3.05) is 13.1 Å². The first-order valence-corrected chi connectivity index (χ1v) is 9.97. The smallest absolute Gasteiger partial charge is 0.316 e. The molecule has 0 bridgehead atoms. The largest absolute Gasteiger partial charge is 0.391 e. The van der Waals surface area contributed by atoms with Crippen molar-refractivity contribution in [1.29, 1.82) is 0 Å². The predicted molar refractivity (Wildman–Crippen MR) is 97.9 cm³/mol. The van der Waals surface area contributed by atoms with E-state index < -0.39 is 12.1 Å². The van der Waals surface area contributed by atoms with Crippen LogP contribution in [0.4, 0.5) is 13.2 Å². The van der Waals surface area contributed by atoms with Gasteiger partial charge in [-0.1, -0.05) is 6.92 Å². The summed E-state index contributed by atoms with van der Waals surface area (Å²) in [4.78, 5) is 4.63. The molecule has 0 amide bonds. The van der Waals surface area contributed by atoms with Gasteiger partial charge < -0.3 is 5.32 Å². The lowest BCUT2D eigenvalue weighted by atomic mass is 9.80. The minimum absolute atomic E-state index is 0.0976. The topological polar surface area (TPSA) is 42.2 Å². The van der Waals surface area contributed by atoms with Crippen LogP contribution in [0.2, 0.25) is 0 Å². The molecule has 1 saturated heterocycles. The zero-order chi connectivity index (χ0) is 19.2. The van der Waals surface area contributed by atoms with Crippen LogP contribution in [0.15, 0.2) is 12.1 Å². The summed E-state index contributed by atoms with van der Waals surface area (Å²) >= 11 is 0. The van der Waals surface area contributed by atoms with E-state index in [0.717, 1.165) is 42.2 Å². The first-order chi connectivity index (χ1) is 12.8. The molecule has 148 valence electrons. The highest BCUT2D eigenvalue weighted by atomic mass is 19.4. The fourth-order valence-corrected chi connectivity index (χ4v) is 4.71. The SMILES string of the molecule is Cc1cc([C@@H]2CNCC[C@@H]2C)n2nc([C@H]3CC[C@H](C(F)(F)F)CC3)cc2n1. The molecule has 4 rings (SSSR count). The Morgan fingerprint density at radius 2 is 1.85 bits per heavy atom. The maximum Gasteiger partial charge on any atom is 0.391 e. The van der Waals surface area contributed by atoms with Crippen LogP contribution in [-0.4, -0.2) is 33.9 Å². The predicted octanol–water partition coefficient (Wildman–Crippen LogP) is 4.59. The third-order valence-electron chi connectivity index (χ3n) is 6.42. The molecule has 2 atom stereocenters. The minimum atomic E-state index is -4.07. The number of alkyl halides is 3. The summed E-state index contributed by atoms with van der Waals surface area (Å²) in [5.74, 6) is -0.126. The van der Waals surface area contributed by atoms with Crippen LogP contribution in [0.5, 0.6) is 0 Å². The maximum absolute atomic E-state index is 12.9. The van der Waals surface area contributed by atoms with Gasteiger partial charge in [-0.3, -0.25) is 0 Å². The van der Waals surface area contributed by atoms with Gasteiger partial charge in [0.05, 0.1) is 17.3 Å². The summed E-state index contributed by atoms with van der Waals surface area (Å²) in [6.45, 7) is 6.23. The first-order valence-electron chi connectivity index (χ1n) is 9.97. The van der Waals surface area contributed by atoms with Gasteiger partial charge >= 0.3 is 6.18 Å². The van der Waals surface area contributed by atoms with Crippen LogP contribution >= 0.6 is 0 Å². The molecular formula is C20H27F3N4. The summed E-state index contributed by atoms with van der Waals surface area (Å²) in [7, 11) is 0. The molecular weight excluding hydrogens is 353 g/mol. The molecule has 1 aliphatic heterocycles. The summed E-state index contributed by atoms with van der Waals surface area (Å²) in [6.07, 6.45) is -1.45. The molecule has 2 aromatic heterocycles. The normalized spacial score (nSPS) is 30.0. The van der Waals surface area contributed by atoms with Crippen LogP contribution in [0.25, 0.3) is 5.65 Å². The van der Waals surface area contributed by atoms with Crippen LogP contribution in [0, 0.1) is 18.8 Å². The van der Waals surface area contributed by atoms with E-state index in [1.807, 2.05) is 17.5 Å². The maximum atomic E-state index is 12.9. The van der Waals surface area contributed by atoms with Crippen molar-refractivity contribution >= 4 is 5.65 Å². The van der Waals surface area contributed by atoms with Gasteiger partial charge in [-0.05, 0) is 57.6 Å². The van der Waals surface area contributed by atoms with E-state index in [1.165, 1.54) is 0 Å². The summed E-state index contributed by atoms with van der Waals surface area (Å²) in [6, 6.07) is 4.09. The Bertz CT molecular complexity index is 805. The van der Waals surface area contributed by atoms with E-state index >= 15 is 0 Å². The Kier molecular flexibility index (Phi) is 4.91. The average Bonchev–Trinajstić information content (AvgIpc) is 3.05. The molecule has 0 radical (unpaired) electrons. The Morgan fingerprint density at radius 1 is 1.11 bits per heavy atom. The zero-order valence-corrected chi connectivity index (χ0v) is 15.9. The quantitative estimate of drug-likeness (QED) is 0.829. The fourth-order valence-electron chi connectivity index (χ4n) is 4.71. The van der Waals surface area contributed by atoms with Gasteiger partial charge in [-0.25, -0.2) is 9.50 Å². The number of rotatable bonds is 2. The van der Waals surface area contributed by atoms with Crippen LogP contribution in [0.1, 0.15) is 67.9 Å². The van der Waals surface area contributed by atoms with Crippen LogP contribution < -0.4 is 5.32 Å². The fraction of sp³-hybridized carbons (Fsp3) is 0.700. The second-order valence-corrected chi connectivity index (χ2v) is 8.33. The molecule has 0 unspecified atom stereocenters. The van der Waals surface area contributed by atoms with E-state index in [9.17, 15) is 13.2 Å². The number of halogens is 3. The number of piperidine rings is 1. The van der Waals surface area contributed by atoms with Crippen molar-refractivity contribution in [3.05, 3.63) is 29.2 Å². The zero-order valence-electron chi connectivity index (χ0n) is 15.9. The van der Waals surface area contributed by atoms with Crippen molar-refractivity contribution in [3.63, 3.8) is 0 Å². The van der Waals surface area contributed by atoms with Gasteiger partial charge in [0.1, 0.15) is 0 Å². The molecule has 27 heavy (non-hydrogen) atoms. The second-order valence-electron chi connectivity index (χ2n) is 8.33. The minimum Gasteiger partial charge on any atom is -0.316 e. The Labute approximate surface area is 157 Å². The highest BCUT2D eigenvalue weighted by molar-refractivity contribution is 5.43. The average molecular weight is 380 g/mol. The molecule has 1 N–H and O–H groups in total. The monoisotopic (exact) mass is 380 g/mol. The van der Waals surface area contributed by atoms with Gasteiger partial charge in [0.15, 0.2) is 5.65 Å². The van der Waals surface area contributed by atoms with E-state index in [4.69, 9.17) is 5.10 Å². The summed E-state index contributed by atoms with van der Waals surface area (Å²) < 4.78 is 40.8. The first kappa shape index (κ1) is 18.7. The number of nitrogens with zero attached hydrogens (tertiary/aromatic N) is 3. The van der Waals surface area contributed by atoms with E-state index in [-0.39, 0.29) is 18.8 Å². The molecule has 2 fully saturated rings. The van der Waals surface area contributed by atoms with E-state index in [1.54, 1.807) is 0 Å². The molecule has 0 spiro atoms. The summed E-state index contributed by atoms with van der Waals surface area (Å²) in [5, 5.41) is 8.29. The van der Waals surface area contributed by atoms with Gasteiger partial charge in [0.2, 0.25) is 0 Å². The van der Waals surface area contributed by atoms with Crippen molar-refractivity contribution < 1.29 is 13.2 Å². The standard InChI is InChI=1S/C20H27F3N4/c1-12-7-8-24-11-16(12)18-9-13(2)25-19-10-17(26-27(18)19)14-3-5-15(6-4-14)20(21,22)23/h9-10,12,14-16,24H,3-8,11H2,1-2H3/t12-,14-,15-,16+/m0/s1. The Balaban J connectivity index is 1.62. The number of aromatic nitrogens is 3. The number of hydrogen-bond acceptors (Lipinski definition) is 3. The lowest BCUT2D eigenvalue weighted by Gasteiger charge is -2.30. The Hall–Kier alpha value is -1.63. The second kappa shape index (κ2) is 7.08. The molecule has 3 heterocycles. The molecule has 0 aromatic carbocycles. The highest BCUT2D eigenvalue weighted by Crippen LogP contribution is 2.42. The van der Waals surface area contributed by atoms with Gasteiger partial charge in [0.25, 0.3) is 0 Å². The third-order valence-corrected chi connectivity index (χ3v) is 6.42. The lowest BCUT2D eigenvalue weighted by Crippen LogP contribution is -2.35. The van der Waals surface area contributed by atoms with E-state index in [2.05, 4.69) is 23.3 Å². The number of aryl methyl sites for hydroxylation is 1. The van der Waals surface area contributed by atoms with Crippen molar-refractivity contribution in [2.24, 2.45) is 11.8 Å². The van der Waals surface area contributed by atoms with Crippen molar-refractivity contribution in [2.45, 2.75) is 64.0 Å². The number of hydrogen-bond donors (Lipinski definition) is 1. The van der Waals surface area contributed by atoms with E-state index in [0.29, 0.717) is 24.7 Å². The summed E-state index contributed by atoms with van der Waals surface area (Å²) in [5.41, 5.74) is 3.83. The van der Waals surface area contributed by atoms with Gasteiger partial charge in [0, 0.05) is 30.1 Å². The molecule has 2 aromatic rings. The molecule has 1 aliphatic carbocycles. The van der Waals surface area contributed by atoms with Crippen LogP contribution in [-0.2, 0) is 0 Å². The third kappa shape index (κ3) is 3.71. The van der Waals surface area contributed by atoms with Gasteiger partial charge in [-0.15, -0.1) is 0 Å². The van der Waals surface area contributed by atoms with Crippen molar-refractivity contribution in [1.82, 2.24) is 19.9 Å². The number of nitrogens with one attached hydrogen (secondary N) is 1. The number of fused-ring (bicyclic) bond motifs is 1.